The third-order valence-electron chi connectivity index (χ3n) is 3.78. The molecule has 2 heteroatoms. The van der Waals surface area contributed by atoms with E-state index in [9.17, 15) is 0 Å². The monoisotopic (exact) mass is 258 g/mol. The maximum atomic E-state index is 7.19. The highest BCUT2D eigenvalue weighted by atomic mass is 35.6. The molecule has 0 spiro atoms. The summed E-state index contributed by atoms with van der Waals surface area (Å²) in [7, 11) is -2.00. The Balaban J connectivity index is 1.99. The van der Waals surface area contributed by atoms with Crippen molar-refractivity contribution < 1.29 is 0 Å². The van der Waals surface area contributed by atoms with E-state index in [2.05, 4.69) is 72.9 Å². The van der Waals surface area contributed by atoms with Gasteiger partial charge >= 0.3 is 0 Å². The van der Waals surface area contributed by atoms with Crippen molar-refractivity contribution >= 4 is 18.5 Å². The van der Waals surface area contributed by atoms with Gasteiger partial charge in [-0.05, 0) is 0 Å². The van der Waals surface area contributed by atoms with E-state index in [4.69, 9.17) is 11.1 Å². The van der Waals surface area contributed by atoms with Crippen molar-refractivity contribution in [3.05, 3.63) is 72.9 Å². The van der Waals surface area contributed by atoms with Gasteiger partial charge in [0.1, 0.15) is 0 Å². The quantitative estimate of drug-likeness (QED) is 0.510. The molecule has 86 valence electrons. The summed E-state index contributed by atoms with van der Waals surface area (Å²) in [6.45, 7) is 0. The van der Waals surface area contributed by atoms with E-state index in [0.717, 1.165) is 0 Å². The van der Waals surface area contributed by atoms with Crippen LogP contribution in [0.1, 0.15) is 0 Å². The van der Waals surface area contributed by atoms with Gasteiger partial charge in [-0.3, -0.25) is 0 Å². The maximum Gasteiger partial charge on any atom is 0.187 e. The second-order valence-corrected chi connectivity index (χ2v) is 10.3. The standard InChI is InChI=1S/C15H15ClSi/c16-17(13-7-1-2-8-13,14-9-3-4-10-14)15-11-5-6-12-15/h1-15H. The summed E-state index contributed by atoms with van der Waals surface area (Å²) in [6.07, 6.45) is 26.3. The molecule has 0 atom stereocenters. The topological polar surface area (TPSA) is 0 Å². The fourth-order valence-electron chi connectivity index (χ4n) is 2.85. The molecule has 0 amide bonds. The van der Waals surface area contributed by atoms with Gasteiger partial charge < -0.3 is 0 Å². The van der Waals surface area contributed by atoms with Crippen LogP contribution in [0.4, 0.5) is 0 Å². The summed E-state index contributed by atoms with van der Waals surface area (Å²) >= 11 is 7.19. The average Bonchev–Trinajstić information content (AvgIpc) is 3.10. The van der Waals surface area contributed by atoms with Crippen LogP contribution in [0.15, 0.2) is 72.9 Å². The molecule has 0 aromatic heterocycles. The van der Waals surface area contributed by atoms with Gasteiger partial charge in [-0.2, -0.15) is 11.1 Å². The summed E-state index contributed by atoms with van der Waals surface area (Å²) in [5.74, 6) is 0. The Labute approximate surface area is 108 Å². The minimum Gasteiger partial charge on any atom is -0.164 e. The van der Waals surface area contributed by atoms with E-state index in [1.807, 2.05) is 0 Å². The molecule has 0 N–H and O–H groups in total. The summed E-state index contributed by atoms with van der Waals surface area (Å²) in [5, 5.41) is 0. The number of hydrogen-bond donors (Lipinski definition) is 0. The SMILES string of the molecule is Cl[Si](C1C=CC=C1)(C1C=CC=C1)C1C=CC=C1. The van der Waals surface area contributed by atoms with E-state index in [1.165, 1.54) is 0 Å². The second kappa shape index (κ2) is 4.32. The largest absolute Gasteiger partial charge is 0.187 e. The first-order valence-corrected chi connectivity index (χ1v) is 9.30. The predicted molar refractivity (Wildman–Crippen MR) is 77.7 cm³/mol. The normalized spacial score (nSPS) is 23.8. The molecule has 3 aliphatic rings. The third-order valence-corrected chi connectivity index (χ3v) is 10.3. The molecule has 0 unspecified atom stereocenters. The number of rotatable bonds is 3. The van der Waals surface area contributed by atoms with Crippen LogP contribution in [0.5, 0.6) is 0 Å². The van der Waals surface area contributed by atoms with Gasteiger partial charge in [0.2, 0.25) is 0 Å². The third kappa shape index (κ3) is 1.74. The molecule has 17 heavy (non-hydrogen) atoms. The molecule has 0 bridgehead atoms. The lowest BCUT2D eigenvalue weighted by molar-refractivity contribution is 1.12. The smallest absolute Gasteiger partial charge is 0.164 e. The highest BCUT2D eigenvalue weighted by Crippen LogP contribution is 2.52. The van der Waals surface area contributed by atoms with Crippen molar-refractivity contribution in [1.82, 2.24) is 0 Å². The number of halogens is 1. The molecule has 0 aliphatic heterocycles. The molecular formula is C15H15ClSi. The molecule has 0 radical (unpaired) electrons. The zero-order chi connectivity index (χ0) is 11.7. The van der Waals surface area contributed by atoms with Crippen LogP contribution in [0.25, 0.3) is 0 Å². The Morgan fingerprint density at radius 3 is 1.00 bits per heavy atom. The van der Waals surface area contributed by atoms with E-state index in [0.29, 0.717) is 16.6 Å². The van der Waals surface area contributed by atoms with Crippen LogP contribution < -0.4 is 0 Å². The Bertz CT molecular complexity index is 374. The molecule has 0 nitrogen and oxygen atoms in total. The van der Waals surface area contributed by atoms with E-state index < -0.39 is 7.38 Å². The first-order valence-electron chi connectivity index (χ1n) is 6.06. The summed E-state index contributed by atoms with van der Waals surface area (Å²) in [4.78, 5) is 0. The fourth-order valence-corrected chi connectivity index (χ4v) is 7.93. The second-order valence-electron chi connectivity index (χ2n) is 4.71. The Morgan fingerprint density at radius 2 is 0.765 bits per heavy atom. The molecular weight excluding hydrogens is 244 g/mol. The van der Waals surface area contributed by atoms with E-state index in [1.54, 1.807) is 0 Å². The van der Waals surface area contributed by atoms with Gasteiger partial charge in [-0.15, -0.1) is 0 Å². The molecule has 0 saturated carbocycles. The van der Waals surface area contributed by atoms with Crippen LogP contribution in [-0.2, 0) is 0 Å². The van der Waals surface area contributed by atoms with E-state index >= 15 is 0 Å². The first-order chi connectivity index (χ1) is 8.32. The van der Waals surface area contributed by atoms with Crippen molar-refractivity contribution in [1.29, 1.82) is 0 Å². The van der Waals surface area contributed by atoms with Crippen molar-refractivity contribution in [2.24, 2.45) is 0 Å². The molecule has 0 heterocycles. The van der Waals surface area contributed by atoms with Gasteiger partial charge in [0, 0.05) is 16.6 Å². The average molecular weight is 259 g/mol. The van der Waals surface area contributed by atoms with Crippen molar-refractivity contribution in [3.63, 3.8) is 0 Å². The van der Waals surface area contributed by atoms with Crippen LogP contribution >= 0.6 is 11.1 Å². The van der Waals surface area contributed by atoms with Crippen LogP contribution in [-0.4, -0.2) is 7.38 Å². The van der Waals surface area contributed by atoms with Crippen molar-refractivity contribution in [2.75, 3.05) is 0 Å². The predicted octanol–water partition coefficient (Wildman–Crippen LogP) is 4.66. The highest BCUT2D eigenvalue weighted by molar-refractivity contribution is 7.24. The zero-order valence-electron chi connectivity index (χ0n) is 9.54. The van der Waals surface area contributed by atoms with Crippen molar-refractivity contribution in [3.8, 4) is 0 Å². The summed E-state index contributed by atoms with van der Waals surface area (Å²) in [5.41, 5.74) is 1.29. The lowest BCUT2D eigenvalue weighted by Crippen LogP contribution is -2.39. The number of hydrogen-bond acceptors (Lipinski definition) is 0. The molecule has 0 saturated heterocycles. The van der Waals surface area contributed by atoms with Gasteiger partial charge in [0.25, 0.3) is 0 Å². The fraction of sp³-hybridized carbons (Fsp3) is 0.200. The highest BCUT2D eigenvalue weighted by Gasteiger charge is 2.48. The maximum absolute atomic E-state index is 7.19. The minimum atomic E-state index is -2.00. The molecule has 3 aliphatic carbocycles. The van der Waals surface area contributed by atoms with Gasteiger partial charge in [0.05, 0.1) is 0 Å². The molecule has 0 fully saturated rings. The van der Waals surface area contributed by atoms with E-state index in [-0.39, 0.29) is 0 Å². The summed E-state index contributed by atoms with van der Waals surface area (Å²) < 4.78 is 0. The lowest BCUT2D eigenvalue weighted by atomic mass is 10.4. The van der Waals surface area contributed by atoms with Gasteiger partial charge in [-0.1, -0.05) is 72.9 Å². The Kier molecular flexibility index (Phi) is 2.81. The Morgan fingerprint density at radius 1 is 0.529 bits per heavy atom. The van der Waals surface area contributed by atoms with Crippen molar-refractivity contribution in [2.45, 2.75) is 16.6 Å². The Hall–Kier alpha value is -1.05. The lowest BCUT2D eigenvalue weighted by Gasteiger charge is -2.36. The molecule has 3 rings (SSSR count). The summed E-state index contributed by atoms with van der Waals surface area (Å²) in [6, 6.07) is 0. The zero-order valence-corrected chi connectivity index (χ0v) is 11.3. The van der Waals surface area contributed by atoms with Crippen LogP contribution in [0, 0.1) is 0 Å². The van der Waals surface area contributed by atoms with Gasteiger partial charge in [-0.25, -0.2) is 0 Å². The molecule has 0 aromatic carbocycles. The number of allylic oxidation sites excluding steroid dienone is 12. The molecule has 0 aromatic rings. The minimum absolute atomic E-state index is 0.430. The van der Waals surface area contributed by atoms with Gasteiger partial charge in [0.15, 0.2) is 7.38 Å². The van der Waals surface area contributed by atoms with Crippen LogP contribution in [0.2, 0.25) is 16.6 Å². The first kappa shape index (κ1) is 11.1. The van der Waals surface area contributed by atoms with Crippen LogP contribution in [0.3, 0.4) is 0 Å².